The smallest absolute Gasteiger partial charge is 0.159 e. The van der Waals surface area contributed by atoms with Crippen LogP contribution in [0.2, 0.25) is 0 Å². The van der Waals surface area contributed by atoms with Gasteiger partial charge >= 0.3 is 0 Å². The Balaban J connectivity index is 1.31. The Morgan fingerprint density at radius 1 is 0.821 bits per heavy atom. The molecule has 4 heterocycles. The average Bonchev–Trinajstić information content (AvgIpc) is 3.28. The fraction of sp³-hybridized carbons (Fsp3) is 0.450. The van der Waals surface area contributed by atoms with E-state index in [1.807, 2.05) is 25.3 Å². The molecular formula is C20H24N8. The topological polar surface area (TPSA) is 75.9 Å². The molecule has 8 nitrogen and oxygen atoms in total. The highest BCUT2D eigenvalue weighted by Crippen LogP contribution is 2.24. The van der Waals surface area contributed by atoms with Crippen LogP contribution in [0, 0.1) is 6.92 Å². The van der Waals surface area contributed by atoms with Crippen LogP contribution in [-0.2, 0) is 12.8 Å². The molecule has 0 bridgehead atoms. The average molecular weight is 376 g/mol. The highest BCUT2D eigenvalue weighted by atomic mass is 15.3. The molecule has 0 unspecified atom stereocenters. The quantitative estimate of drug-likeness (QED) is 0.692. The van der Waals surface area contributed by atoms with Crippen LogP contribution in [0.1, 0.15) is 29.9 Å². The van der Waals surface area contributed by atoms with E-state index in [-0.39, 0.29) is 0 Å². The van der Waals surface area contributed by atoms with Crippen molar-refractivity contribution in [3.8, 4) is 5.82 Å². The van der Waals surface area contributed by atoms with Gasteiger partial charge in [0.1, 0.15) is 11.6 Å². The maximum absolute atomic E-state index is 4.65. The molecule has 5 rings (SSSR count). The maximum atomic E-state index is 4.65. The lowest BCUT2D eigenvalue weighted by Crippen LogP contribution is -2.47. The lowest BCUT2D eigenvalue weighted by molar-refractivity contribution is 0.622. The van der Waals surface area contributed by atoms with Gasteiger partial charge in [0.25, 0.3) is 0 Å². The third-order valence-electron chi connectivity index (χ3n) is 5.53. The van der Waals surface area contributed by atoms with Crippen molar-refractivity contribution in [2.24, 2.45) is 0 Å². The summed E-state index contributed by atoms with van der Waals surface area (Å²) in [4.78, 5) is 13.8. The Morgan fingerprint density at radius 2 is 1.57 bits per heavy atom. The number of aryl methyl sites for hydroxylation is 3. The van der Waals surface area contributed by atoms with Gasteiger partial charge in [0.2, 0.25) is 0 Å². The maximum Gasteiger partial charge on any atom is 0.159 e. The molecule has 1 aliphatic carbocycles. The molecule has 8 heteroatoms. The lowest BCUT2D eigenvalue weighted by atomic mass is 9.97. The van der Waals surface area contributed by atoms with Crippen LogP contribution < -0.4 is 9.80 Å². The number of nitrogens with zero attached hydrogens (tertiary/aromatic N) is 8. The first kappa shape index (κ1) is 17.1. The van der Waals surface area contributed by atoms with E-state index < -0.39 is 0 Å². The first-order valence-electron chi connectivity index (χ1n) is 9.97. The molecule has 1 aliphatic heterocycles. The van der Waals surface area contributed by atoms with Crippen LogP contribution in [0.3, 0.4) is 0 Å². The number of anilines is 2. The van der Waals surface area contributed by atoms with E-state index in [1.165, 1.54) is 24.1 Å². The van der Waals surface area contributed by atoms with Gasteiger partial charge in [-0.15, -0.1) is 5.10 Å². The second-order valence-electron chi connectivity index (χ2n) is 7.44. The van der Waals surface area contributed by atoms with Gasteiger partial charge in [-0.05, 0) is 50.3 Å². The number of hydrogen-bond donors (Lipinski definition) is 0. The van der Waals surface area contributed by atoms with Crippen LogP contribution in [0.25, 0.3) is 5.82 Å². The van der Waals surface area contributed by atoms with Gasteiger partial charge in [0, 0.05) is 44.6 Å². The summed E-state index contributed by atoms with van der Waals surface area (Å²) in [7, 11) is 0. The summed E-state index contributed by atoms with van der Waals surface area (Å²) in [5, 5.41) is 13.3. The summed E-state index contributed by atoms with van der Waals surface area (Å²) in [5.74, 6) is 3.52. The van der Waals surface area contributed by atoms with Crippen molar-refractivity contribution < 1.29 is 0 Å². The van der Waals surface area contributed by atoms with Crippen molar-refractivity contribution in [1.82, 2.24) is 29.9 Å². The SMILES string of the molecule is Cc1nc(N2CCN(c3cc4c(nn3)CCCC4)CC2)cc(-n2cccn2)n1. The van der Waals surface area contributed by atoms with E-state index in [2.05, 4.69) is 41.1 Å². The number of fused-ring (bicyclic) bond motifs is 1. The zero-order valence-electron chi connectivity index (χ0n) is 16.1. The second-order valence-corrected chi connectivity index (χ2v) is 7.44. The molecule has 0 radical (unpaired) electrons. The van der Waals surface area contributed by atoms with Crippen molar-refractivity contribution in [3.63, 3.8) is 0 Å². The van der Waals surface area contributed by atoms with E-state index in [0.717, 1.165) is 62.3 Å². The number of aromatic nitrogens is 6. The third kappa shape index (κ3) is 3.30. The minimum Gasteiger partial charge on any atom is -0.353 e. The monoisotopic (exact) mass is 376 g/mol. The molecule has 0 aromatic carbocycles. The number of piperazine rings is 1. The van der Waals surface area contributed by atoms with Gasteiger partial charge in [0.05, 0.1) is 5.69 Å². The molecule has 3 aromatic heterocycles. The normalized spacial score (nSPS) is 16.9. The predicted molar refractivity (Wildman–Crippen MR) is 107 cm³/mol. The zero-order valence-corrected chi connectivity index (χ0v) is 16.1. The van der Waals surface area contributed by atoms with E-state index >= 15 is 0 Å². The van der Waals surface area contributed by atoms with E-state index in [9.17, 15) is 0 Å². The fourth-order valence-corrected chi connectivity index (χ4v) is 4.02. The largest absolute Gasteiger partial charge is 0.353 e. The van der Waals surface area contributed by atoms with Gasteiger partial charge < -0.3 is 9.80 Å². The van der Waals surface area contributed by atoms with Crippen LogP contribution in [0.4, 0.5) is 11.6 Å². The predicted octanol–water partition coefficient (Wildman–Crippen LogP) is 1.97. The van der Waals surface area contributed by atoms with Crippen molar-refractivity contribution in [2.75, 3.05) is 36.0 Å². The Labute approximate surface area is 164 Å². The molecule has 0 saturated carbocycles. The number of rotatable bonds is 3. The van der Waals surface area contributed by atoms with Crippen LogP contribution in [-0.4, -0.2) is 56.1 Å². The first-order valence-corrected chi connectivity index (χ1v) is 9.97. The molecule has 2 aliphatic rings. The fourth-order valence-electron chi connectivity index (χ4n) is 4.02. The van der Waals surface area contributed by atoms with Gasteiger partial charge in [-0.25, -0.2) is 14.6 Å². The van der Waals surface area contributed by atoms with E-state index in [4.69, 9.17) is 0 Å². The summed E-state index contributed by atoms with van der Waals surface area (Å²) >= 11 is 0. The molecule has 1 fully saturated rings. The van der Waals surface area contributed by atoms with Crippen LogP contribution in [0.15, 0.2) is 30.6 Å². The minimum absolute atomic E-state index is 0.756. The molecule has 0 spiro atoms. The van der Waals surface area contributed by atoms with Crippen LogP contribution >= 0.6 is 0 Å². The first-order chi connectivity index (χ1) is 13.8. The standard InChI is InChI=1S/C20H24N8/c1-15-22-18(14-19(23-15)28-8-4-7-21-28)26-9-11-27(12-10-26)20-13-16-5-2-3-6-17(16)24-25-20/h4,7-8,13-14H,2-3,5-6,9-12H2,1H3. The molecule has 1 saturated heterocycles. The third-order valence-corrected chi connectivity index (χ3v) is 5.53. The molecule has 3 aromatic rings. The Hall–Kier alpha value is -3.03. The summed E-state index contributed by atoms with van der Waals surface area (Å²) in [6.07, 6.45) is 8.36. The van der Waals surface area contributed by atoms with Crippen molar-refractivity contribution in [2.45, 2.75) is 32.6 Å². The van der Waals surface area contributed by atoms with Crippen molar-refractivity contribution in [1.29, 1.82) is 0 Å². The Kier molecular flexibility index (Phi) is 4.38. The van der Waals surface area contributed by atoms with Crippen molar-refractivity contribution >= 4 is 11.6 Å². The van der Waals surface area contributed by atoms with Gasteiger partial charge in [-0.1, -0.05) is 0 Å². The molecule has 0 amide bonds. The van der Waals surface area contributed by atoms with Gasteiger partial charge in [-0.2, -0.15) is 10.2 Å². The van der Waals surface area contributed by atoms with Gasteiger partial charge in [0.15, 0.2) is 11.6 Å². The highest BCUT2D eigenvalue weighted by molar-refractivity contribution is 5.48. The molecule has 28 heavy (non-hydrogen) atoms. The van der Waals surface area contributed by atoms with E-state index in [1.54, 1.807) is 10.9 Å². The van der Waals surface area contributed by atoms with Crippen LogP contribution in [0.5, 0.6) is 0 Å². The molecular weight excluding hydrogens is 352 g/mol. The molecule has 144 valence electrons. The summed E-state index contributed by atoms with van der Waals surface area (Å²) < 4.78 is 1.77. The summed E-state index contributed by atoms with van der Waals surface area (Å²) in [6.45, 7) is 5.54. The zero-order chi connectivity index (χ0) is 18.9. The van der Waals surface area contributed by atoms with Gasteiger partial charge in [-0.3, -0.25) is 0 Å². The highest BCUT2D eigenvalue weighted by Gasteiger charge is 2.22. The molecule has 0 atom stereocenters. The Morgan fingerprint density at radius 3 is 2.36 bits per heavy atom. The lowest BCUT2D eigenvalue weighted by Gasteiger charge is -2.36. The van der Waals surface area contributed by atoms with Crippen molar-refractivity contribution in [3.05, 3.63) is 47.7 Å². The summed E-state index contributed by atoms with van der Waals surface area (Å²) in [5.41, 5.74) is 2.57. The molecule has 0 N–H and O–H groups in total. The Bertz CT molecular complexity index is 960. The summed E-state index contributed by atoms with van der Waals surface area (Å²) in [6, 6.07) is 6.16. The van der Waals surface area contributed by atoms with E-state index in [0.29, 0.717) is 0 Å². The second kappa shape index (κ2) is 7.18. The number of hydrogen-bond acceptors (Lipinski definition) is 7. The minimum atomic E-state index is 0.756.